The average molecular weight is 324 g/mol. The van der Waals surface area contributed by atoms with Gasteiger partial charge in [0.25, 0.3) is 0 Å². The quantitative estimate of drug-likeness (QED) is 0.909. The van der Waals surface area contributed by atoms with Crippen molar-refractivity contribution in [3.63, 3.8) is 0 Å². The SMILES string of the molecule is c1ccc(-c2[nH]ncc2CN2CCCC3(CCNCC3)CC2)cc1. The number of likely N-dealkylation sites (tertiary alicyclic amines) is 1. The number of aromatic amines is 1. The molecule has 4 heteroatoms. The highest BCUT2D eigenvalue weighted by atomic mass is 15.1. The smallest absolute Gasteiger partial charge is 0.0695 e. The number of nitrogens with one attached hydrogen (secondary N) is 2. The number of nitrogens with zero attached hydrogens (tertiary/aromatic N) is 2. The van der Waals surface area contributed by atoms with E-state index in [4.69, 9.17) is 0 Å². The number of hydrogen-bond donors (Lipinski definition) is 2. The van der Waals surface area contributed by atoms with E-state index < -0.39 is 0 Å². The summed E-state index contributed by atoms with van der Waals surface area (Å²) in [6.45, 7) is 5.86. The van der Waals surface area contributed by atoms with Gasteiger partial charge in [-0.25, -0.2) is 0 Å². The number of piperidine rings is 1. The molecular formula is C20H28N4. The fraction of sp³-hybridized carbons (Fsp3) is 0.550. The van der Waals surface area contributed by atoms with E-state index >= 15 is 0 Å². The molecule has 4 nitrogen and oxygen atoms in total. The topological polar surface area (TPSA) is 44.0 Å². The number of hydrogen-bond acceptors (Lipinski definition) is 3. The molecule has 2 aliphatic rings. The highest BCUT2D eigenvalue weighted by Crippen LogP contribution is 2.39. The minimum absolute atomic E-state index is 0.610. The third-order valence-corrected chi connectivity index (χ3v) is 5.98. The van der Waals surface area contributed by atoms with Crippen LogP contribution in [0.4, 0.5) is 0 Å². The molecule has 0 radical (unpaired) electrons. The maximum Gasteiger partial charge on any atom is 0.0695 e. The van der Waals surface area contributed by atoms with E-state index in [0.717, 1.165) is 6.54 Å². The molecule has 3 heterocycles. The number of rotatable bonds is 3. The lowest BCUT2D eigenvalue weighted by Gasteiger charge is -2.37. The van der Waals surface area contributed by atoms with Gasteiger partial charge in [-0.2, -0.15) is 5.10 Å². The van der Waals surface area contributed by atoms with Gasteiger partial charge in [0.15, 0.2) is 0 Å². The van der Waals surface area contributed by atoms with Crippen molar-refractivity contribution >= 4 is 0 Å². The first-order valence-corrected chi connectivity index (χ1v) is 9.35. The maximum absolute atomic E-state index is 4.31. The zero-order valence-electron chi connectivity index (χ0n) is 14.4. The van der Waals surface area contributed by atoms with Crippen molar-refractivity contribution in [2.75, 3.05) is 26.2 Å². The molecule has 2 N–H and O–H groups in total. The standard InChI is InChI=1S/C20H28N4/c1-2-5-17(6-3-1)19-18(15-22-23-19)16-24-13-4-7-20(10-14-24)8-11-21-12-9-20/h1-3,5-6,15,21H,4,7-14,16H2,(H,22,23). The van der Waals surface area contributed by atoms with E-state index in [9.17, 15) is 0 Å². The van der Waals surface area contributed by atoms with Gasteiger partial charge >= 0.3 is 0 Å². The molecule has 2 aliphatic heterocycles. The van der Waals surface area contributed by atoms with Gasteiger partial charge < -0.3 is 5.32 Å². The summed E-state index contributed by atoms with van der Waals surface area (Å²) in [6.07, 6.45) is 8.82. The first kappa shape index (κ1) is 15.9. The molecule has 128 valence electrons. The van der Waals surface area contributed by atoms with E-state index in [-0.39, 0.29) is 0 Å². The molecular weight excluding hydrogens is 296 g/mol. The lowest BCUT2D eigenvalue weighted by molar-refractivity contribution is 0.167. The zero-order chi connectivity index (χ0) is 16.2. The molecule has 0 amide bonds. The third kappa shape index (κ3) is 3.40. The Morgan fingerprint density at radius 2 is 1.83 bits per heavy atom. The molecule has 0 aliphatic carbocycles. The number of aromatic nitrogens is 2. The van der Waals surface area contributed by atoms with Crippen molar-refractivity contribution in [1.82, 2.24) is 20.4 Å². The van der Waals surface area contributed by atoms with Crippen molar-refractivity contribution in [3.05, 3.63) is 42.1 Å². The van der Waals surface area contributed by atoms with E-state index in [1.165, 1.54) is 75.1 Å². The molecule has 0 bridgehead atoms. The van der Waals surface area contributed by atoms with Crippen molar-refractivity contribution < 1.29 is 0 Å². The number of benzene rings is 1. The lowest BCUT2D eigenvalue weighted by Crippen LogP contribution is -2.37. The van der Waals surface area contributed by atoms with Crippen LogP contribution in [0.25, 0.3) is 11.3 Å². The summed E-state index contributed by atoms with van der Waals surface area (Å²) in [4.78, 5) is 2.63. The molecule has 0 saturated carbocycles. The maximum atomic E-state index is 4.31. The predicted molar refractivity (Wildman–Crippen MR) is 97.7 cm³/mol. The van der Waals surface area contributed by atoms with E-state index in [1.54, 1.807) is 0 Å². The Bertz CT molecular complexity index is 643. The fourth-order valence-electron chi connectivity index (χ4n) is 4.45. The third-order valence-electron chi connectivity index (χ3n) is 5.98. The monoisotopic (exact) mass is 324 g/mol. The van der Waals surface area contributed by atoms with E-state index in [2.05, 4.69) is 50.7 Å². The molecule has 0 unspecified atom stereocenters. The number of H-pyrrole nitrogens is 1. The lowest BCUT2D eigenvalue weighted by atomic mass is 9.73. The summed E-state index contributed by atoms with van der Waals surface area (Å²) in [6, 6.07) is 10.6. The van der Waals surface area contributed by atoms with Crippen molar-refractivity contribution in [1.29, 1.82) is 0 Å². The molecule has 2 saturated heterocycles. The molecule has 1 aromatic carbocycles. The molecule has 4 rings (SSSR count). The minimum Gasteiger partial charge on any atom is -0.317 e. The van der Waals surface area contributed by atoms with Crippen LogP contribution in [0.5, 0.6) is 0 Å². The van der Waals surface area contributed by atoms with Crippen molar-refractivity contribution in [2.45, 2.75) is 38.6 Å². The average Bonchev–Trinajstić information content (AvgIpc) is 3.01. The van der Waals surface area contributed by atoms with Crippen LogP contribution in [-0.4, -0.2) is 41.3 Å². The Labute approximate surface area is 144 Å². The predicted octanol–water partition coefficient (Wildman–Crippen LogP) is 3.43. The van der Waals surface area contributed by atoms with E-state index in [1.807, 2.05) is 6.20 Å². The Balaban J connectivity index is 1.44. The zero-order valence-corrected chi connectivity index (χ0v) is 14.4. The van der Waals surface area contributed by atoms with Crippen molar-refractivity contribution in [2.24, 2.45) is 5.41 Å². The minimum atomic E-state index is 0.610. The van der Waals surface area contributed by atoms with Crippen LogP contribution in [0.1, 0.15) is 37.7 Å². The highest BCUT2D eigenvalue weighted by molar-refractivity contribution is 5.62. The second kappa shape index (κ2) is 7.08. The summed E-state index contributed by atoms with van der Waals surface area (Å²) in [5, 5.41) is 11.0. The van der Waals surface area contributed by atoms with Gasteiger partial charge in [0.2, 0.25) is 0 Å². The van der Waals surface area contributed by atoms with Gasteiger partial charge in [0.05, 0.1) is 11.9 Å². The summed E-state index contributed by atoms with van der Waals surface area (Å²) in [5.41, 5.74) is 4.34. The summed E-state index contributed by atoms with van der Waals surface area (Å²) in [5.74, 6) is 0. The molecule has 1 aromatic heterocycles. The summed E-state index contributed by atoms with van der Waals surface area (Å²) < 4.78 is 0. The second-order valence-electron chi connectivity index (χ2n) is 7.52. The van der Waals surface area contributed by atoms with Gasteiger partial charge in [-0.05, 0) is 69.3 Å². The van der Waals surface area contributed by atoms with E-state index in [0.29, 0.717) is 5.41 Å². The van der Waals surface area contributed by atoms with Crippen LogP contribution < -0.4 is 5.32 Å². The van der Waals surface area contributed by atoms with Crippen LogP contribution in [0.3, 0.4) is 0 Å². The fourth-order valence-corrected chi connectivity index (χ4v) is 4.45. The van der Waals surface area contributed by atoms with Gasteiger partial charge in [-0.1, -0.05) is 30.3 Å². The summed E-state index contributed by atoms with van der Waals surface area (Å²) in [7, 11) is 0. The van der Waals surface area contributed by atoms with Crippen LogP contribution in [0, 0.1) is 5.41 Å². The second-order valence-corrected chi connectivity index (χ2v) is 7.52. The van der Waals surface area contributed by atoms with Crippen LogP contribution in [0.2, 0.25) is 0 Å². The first-order valence-electron chi connectivity index (χ1n) is 9.35. The van der Waals surface area contributed by atoms with Crippen LogP contribution >= 0.6 is 0 Å². The molecule has 2 fully saturated rings. The normalized spacial score (nSPS) is 21.7. The molecule has 2 aromatic rings. The van der Waals surface area contributed by atoms with Crippen LogP contribution in [-0.2, 0) is 6.54 Å². The summed E-state index contributed by atoms with van der Waals surface area (Å²) >= 11 is 0. The van der Waals surface area contributed by atoms with Gasteiger partial charge in [-0.15, -0.1) is 0 Å². The van der Waals surface area contributed by atoms with Crippen molar-refractivity contribution in [3.8, 4) is 11.3 Å². The molecule has 0 atom stereocenters. The highest BCUT2D eigenvalue weighted by Gasteiger charge is 2.33. The van der Waals surface area contributed by atoms with Gasteiger partial charge in [-0.3, -0.25) is 10.00 Å². The Hall–Kier alpha value is -1.65. The molecule has 1 spiro atoms. The van der Waals surface area contributed by atoms with Gasteiger partial charge in [0, 0.05) is 12.1 Å². The van der Waals surface area contributed by atoms with Crippen LogP contribution in [0.15, 0.2) is 36.5 Å². The Morgan fingerprint density at radius 3 is 2.67 bits per heavy atom. The molecule has 24 heavy (non-hydrogen) atoms. The Kier molecular flexibility index (Phi) is 4.67. The Morgan fingerprint density at radius 1 is 1.00 bits per heavy atom. The first-order chi connectivity index (χ1) is 11.8. The van der Waals surface area contributed by atoms with Gasteiger partial charge in [0.1, 0.15) is 0 Å². The largest absolute Gasteiger partial charge is 0.317 e.